The van der Waals surface area contributed by atoms with Crippen LogP contribution in [0.3, 0.4) is 0 Å². The van der Waals surface area contributed by atoms with E-state index < -0.39 is 0 Å². The number of halogens is 2. The van der Waals surface area contributed by atoms with Crippen LogP contribution >= 0.6 is 39.3 Å². The molecule has 3 aromatic rings. The summed E-state index contributed by atoms with van der Waals surface area (Å²) in [6, 6.07) is 13.4. The summed E-state index contributed by atoms with van der Waals surface area (Å²) < 4.78 is 2.79. The van der Waals surface area contributed by atoms with Crippen molar-refractivity contribution in [3.63, 3.8) is 0 Å². The van der Waals surface area contributed by atoms with E-state index in [9.17, 15) is 4.79 Å². The summed E-state index contributed by atoms with van der Waals surface area (Å²) in [4.78, 5) is 12.3. The van der Waals surface area contributed by atoms with E-state index in [2.05, 4.69) is 31.4 Å². The molecule has 0 aliphatic carbocycles. The molecule has 0 saturated carbocycles. The van der Waals surface area contributed by atoms with E-state index in [0.29, 0.717) is 15.9 Å². The number of benzene rings is 2. The Kier molecular flexibility index (Phi) is 6.01. The lowest BCUT2D eigenvalue weighted by Crippen LogP contribution is -2.15. The highest BCUT2D eigenvalue weighted by Gasteiger charge is 2.14. The highest BCUT2D eigenvalue weighted by Crippen LogP contribution is 2.26. The number of carbonyl (C=O) groups excluding carboxylic acids is 1. The summed E-state index contributed by atoms with van der Waals surface area (Å²) in [5.41, 5.74) is 2.73. The van der Waals surface area contributed by atoms with E-state index >= 15 is 0 Å². The summed E-state index contributed by atoms with van der Waals surface area (Å²) in [6.07, 6.45) is 0. The van der Waals surface area contributed by atoms with Crippen LogP contribution in [0.5, 0.6) is 0 Å². The molecule has 0 fully saturated rings. The molecule has 0 atom stereocenters. The van der Waals surface area contributed by atoms with Crippen LogP contribution in [0.1, 0.15) is 11.4 Å². The molecule has 0 aliphatic rings. The maximum atomic E-state index is 12.3. The van der Waals surface area contributed by atoms with Gasteiger partial charge < -0.3 is 5.32 Å². The van der Waals surface area contributed by atoms with E-state index in [4.69, 9.17) is 11.6 Å². The van der Waals surface area contributed by atoms with Crippen molar-refractivity contribution >= 4 is 50.9 Å². The predicted octanol–water partition coefficient (Wildman–Crippen LogP) is 5.03. The Morgan fingerprint density at radius 3 is 2.62 bits per heavy atom. The summed E-state index contributed by atoms with van der Waals surface area (Å²) in [6.45, 7) is 3.93. The quantitative estimate of drug-likeness (QED) is 0.553. The van der Waals surface area contributed by atoms with Gasteiger partial charge in [0, 0.05) is 10.2 Å². The fourth-order valence-corrected chi connectivity index (χ4v) is 3.85. The van der Waals surface area contributed by atoms with Crippen molar-refractivity contribution in [3.8, 4) is 5.69 Å². The largest absolute Gasteiger partial charge is 0.324 e. The van der Waals surface area contributed by atoms with Gasteiger partial charge in [0.05, 0.1) is 16.5 Å². The third-order valence-electron chi connectivity index (χ3n) is 3.62. The van der Waals surface area contributed by atoms with Crippen LogP contribution in [0.4, 0.5) is 5.69 Å². The van der Waals surface area contributed by atoms with E-state index in [1.54, 1.807) is 12.1 Å². The summed E-state index contributed by atoms with van der Waals surface area (Å²) >= 11 is 10.8. The second-order valence-corrected chi connectivity index (χ2v) is 7.93. The number of hydrogen-bond acceptors (Lipinski definition) is 4. The molecule has 26 heavy (non-hydrogen) atoms. The van der Waals surface area contributed by atoms with Gasteiger partial charge in [-0.25, -0.2) is 0 Å². The number of thioether (sulfide) groups is 1. The molecule has 8 heteroatoms. The van der Waals surface area contributed by atoms with E-state index in [-0.39, 0.29) is 11.7 Å². The Bertz CT molecular complexity index is 943. The number of nitrogens with zero attached hydrogens (tertiary/aromatic N) is 3. The second-order valence-electron chi connectivity index (χ2n) is 5.66. The zero-order chi connectivity index (χ0) is 18.7. The fourth-order valence-electron chi connectivity index (χ4n) is 2.33. The lowest BCUT2D eigenvalue weighted by Gasteiger charge is -2.09. The van der Waals surface area contributed by atoms with Gasteiger partial charge in [0.15, 0.2) is 5.16 Å². The van der Waals surface area contributed by atoms with Crippen LogP contribution in [-0.4, -0.2) is 26.4 Å². The minimum absolute atomic E-state index is 0.157. The van der Waals surface area contributed by atoms with Crippen molar-refractivity contribution in [3.05, 3.63) is 63.3 Å². The maximum Gasteiger partial charge on any atom is 0.234 e. The Morgan fingerprint density at radius 2 is 1.92 bits per heavy atom. The topological polar surface area (TPSA) is 59.8 Å². The average molecular weight is 452 g/mol. The van der Waals surface area contributed by atoms with Crippen molar-refractivity contribution in [2.75, 3.05) is 11.1 Å². The highest BCUT2D eigenvalue weighted by molar-refractivity contribution is 9.10. The predicted molar refractivity (Wildman–Crippen MR) is 109 cm³/mol. The molecule has 0 unspecified atom stereocenters. The lowest BCUT2D eigenvalue weighted by molar-refractivity contribution is -0.113. The average Bonchev–Trinajstić information content (AvgIpc) is 2.97. The molecular weight excluding hydrogens is 436 g/mol. The number of hydrogen-bond donors (Lipinski definition) is 1. The first-order valence-corrected chi connectivity index (χ1v) is 9.96. The standard InChI is InChI=1S/C18H16BrClN4OS/c1-11-3-6-14(7-4-11)24-12(2)22-23-18(24)26-10-17(25)21-16-8-5-13(19)9-15(16)20/h3-9H,10H2,1-2H3,(H,21,25). The first kappa shape index (κ1) is 18.9. The molecule has 134 valence electrons. The molecule has 0 radical (unpaired) electrons. The van der Waals surface area contributed by atoms with Crippen LogP contribution in [0, 0.1) is 13.8 Å². The van der Waals surface area contributed by atoms with Crippen LogP contribution in [0.2, 0.25) is 5.02 Å². The summed E-state index contributed by atoms with van der Waals surface area (Å²) in [5.74, 6) is 0.819. The van der Waals surface area contributed by atoms with Crippen molar-refractivity contribution in [2.45, 2.75) is 19.0 Å². The second kappa shape index (κ2) is 8.24. The lowest BCUT2D eigenvalue weighted by atomic mass is 10.2. The third kappa shape index (κ3) is 4.47. The molecule has 1 amide bonds. The molecule has 1 heterocycles. The van der Waals surface area contributed by atoms with Crippen LogP contribution in [0.25, 0.3) is 5.69 Å². The van der Waals surface area contributed by atoms with Crippen molar-refractivity contribution in [1.29, 1.82) is 0 Å². The van der Waals surface area contributed by atoms with Gasteiger partial charge in [0.1, 0.15) is 5.82 Å². The van der Waals surface area contributed by atoms with E-state index in [1.807, 2.05) is 48.7 Å². The molecule has 0 aliphatic heterocycles. The molecule has 1 aromatic heterocycles. The maximum absolute atomic E-state index is 12.3. The smallest absolute Gasteiger partial charge is 0.234 e. The Labute approximate surface area is 169 Å². The first-order chi connectivity index (χ1) is 12.4. The number of carbonyl (C=O) groups is 1. The summed E-state index contributed by atoms with van der Waals surface area (Å²) in [5, 5.41) is 12.3. The van der Waals surface area contributed by atoms with Crippen LogP contribution < -0.4 is 5.32 Å². The summed E-state index contributed by atoms with van der Waals surface area (Å²) in [7, 11) is 0. The minimum atomic E-state index is -0.157. The molecule has 0 bridgehead atoms. The number of anilines is 1. The minimum Gasteiger partial charge on any atom is -0.324 e. The molecule has 5 nitrogen and oxygen atoms in total. The first-order valence-electron chi connectivity index (χ1n) is 7.81. The van der Waals surface area contributed by atoms with Crippen LogP contribution in [-0.2, 0) is 4.79 Å². The van der Waals surface area contributed by atoms with E-state index in [0.717, 1.165) is 16.0 Å². The SMILES string of the molecule is Cc1ccc(-n2c(C)nnc2SCC(=O)Nc2ccc(Br)cc2Cl)cc1. The Morgan fingerprint density at radius 1 is 1.19 bits per heavy atom. The number of aryl methyl sites for hydroxylation is 2. The molecule has 0 spiro atoms. The Balaban J connectivity index is 1.70. The van der Waals surface area contributed by atoms with E-state index in [1.165, 1.54) is 17.3 Å². The van der Waals surface area contributed by atoms with Crippen molar-refractivity contribution in [1.82, 2.24) is 14.8 Å². The third-order valence-corrected chi connectivity index (χ3v) is 5.36. The number of aromatic nitrogens is 3. The Hall–Kier alpha value is -1.83. The number of rotatable bonds is 5. The zero-order valence-electron chi connectivity index (χ0n) is 14.2. The number of amides is 1. The van der Waals surface area contributed by atoms with Gasteiger partial charge in [0.2, 0.25) is 5.91 Å². The van der Waals surface area contributed by atoms with Crippen LogP contribution in [0.15, 0.2) is 52.1 Å². The molecule has 1 N–H and O–H groups in total. The van der Waals surface area contributed by atoms with Gasteiger partial charge in [-0.3, -0.25) is 9.36 Å². The van der Waals surface area contributed by atoms with Gasteiger partial charge in [-0.1, -0.05) is 57.0 Å². The molecule has 3 rings (SSSR count). The van der Waals surface area contributed by atoms with Crippen molar-refractivity contribution < 1.29 is 4.79 Å². The van der Waals surface area contributed by atoms with Gasteiger partial charge in [-0.05, 0) is 44.2 Å². The molecule has 0 saturated heterocycles. The zero-order valence-corrected chi connectivity index (χ0v) is 17.3. The number of nitrogens with one attached hydrogen (secondary N) is 1. The van der Waals surface area contributed by atoms with Gasteiger partial charge >= 0.3 is 0 Å². The highest BCUT2D eigenvalue weighted by atomic mass is 79.9. The molecule has 2 aromatic carbocycles. The fraction of sp³-hybridized carbons (Fsp3) is 0.167. The molecular formula is C18H16BrClN4OS. The van der Waals surface area contributed by atoms with Gasteiger partial charge in [-0.15, -0.1) is 10.2 Å². The van der Waals surface area contributed by atoms with Gasteiger partial charge in [0.25, 0.3) is 0 Å². The monoisotopic (exact) mass is 450 g/mol. The van der Waals surface area contributed by atoms with Gasteiger partial charge in [-0.2, -0.15) is 0 Å². The normalized spacial score (nSPS) is 10.8. The van der Waals surface area contributed by atoms with Crippen molar-refractivity contribution in [2.24, 2.45) is 0 Å².